The van der Waals surface area contributed by atoms with Crippen LogP contribution in [-0.4, -0.2) is 40.1 Å². The first-order valence-corrected chi connectivity index (χ1v) is 8.11. The van der Waals surface area contributed by atoms with Gasteiger partial charge in [0, 0.05) is 45.3 Å². The zero-order valence-corrected chi connectivity index (χ0v) is 13.7. The second-order valence-electron chi connectivity index (χ2n) is 6.03. The van der Waals surface area contributed by atoms with Gasteiger partial charge in [-0.05, 0) is 37.0 Å². The molecule has 1 N–H and O–H groups in total. The molecule has 1 saturated heterocycles. The summed E-state index contributed by atoms with van der Waals surface area (Å²) in [5, 5.41) is 2.89. The van der Waals surface area contributed by atoms with E-state index in [1.165, 1.54) is 4.57 Å². The van der Waals surface area contributed by atoms with Crippen molar-refractivity contribution in [2.45, 2.75) is 12.8 Å². The van der Waals surface area contributed by atoms with Crippen molar-refractivity contribution in [1.29, 1.82) is 0 Å². The average Bonchev–Trinajstić information content (AvgIpc) is 2.63. The molecule has 3 heterocycles. The maximum absolute atomic E-state index is 12.2. The van der Waals surface area contributed by atoms with Gasteiger partial charge in [0.25, 0.3) is 11.5 Å². The van der Waals surface area contributed by atoms with Crippen LogP contribution in [0.15, 0.2) is 41.6 Å². The van der Waals surface area contributed by atoms with E-state index >= 15 is 0 Å². The van der Waals surface area contributed by atoms with Crippen molar-refractivity contribution in [3.63, 3.8) is 0 Å². The van der Waals surface area contributed by atoms with Crippen LogP contribution in [0.25, 0.3) is 0 Å². The van der Waals surface area contributed by atoms with Gasteiger partial charge in [0.1, 0.15) is 5.56 Å². The lowest BCUT2D eigenvalue weighted by molar-refractivity contribution is 0.0943. The van der Waals surface area contributed by atoms with Gasteiger partial charge in [0.15, 0.2) is 0 Å². The molecule has 2 aromatic rings. The molecule has 126 valence electrons. The standard InChI is InChI=1S/C17H21N5O2/c1-21-9-2-4-14(16(21)24)15(23)20-12-13-5-10-22(11-6-13)17-18-7-3-8-19-17/h2-4,7-9,13H,5-6,10-12H2,1H3,(H,20,23). The van der Waals surface area contributed by atoms with Crippen molar-refractivity contribution in [2.24, 2.45) is 13.0 Å². The highest BCUT2D eigenvalue weighted by atomic mass is 16.2. The summed E-state index contributed by atoms with van der Waals surface area (Å²) in [7, 11) is 1.64. The van der Waals surface area contributed by atoms with Crippen molar-refractivity contribution < 1.29 is 4.79 Å². The number of aryl methyl sites for hydroxylation is 1. The number of nitrogens with one attached hydrogen (secondary N) is 1. The number of rotatable bonds is 4. The third kappa shape index (κ3) is 3.61. The Morgan fingerprint density at radius 1 is 1.25 bits per heavy atom. The molecule has 24 heavy (non-hydrogen) atoms. The number of amides is 1. The van der Waals surface area contributed by atoms with Crippen molar-refractivity contribution >= 4 is 11.9 Å². The highest BCUT2D eigenvalue weighted by Gasteiger charge is 2.21. The molecule has 1 amide bonds. The molecule has 2 aromatic heterocycles. The number of carbonyl (C=O) groups excluding carboxylic acids is 1. The Balaban J connectivity index is 1.51. The van der Waals surface area contributed by atoms with Gasteiger partial charge in [-0.25, -0.2) is 9.97 Å². The first-order valence-electron chi connectivity index (χ1n) is 8.11. The van der Waals surface area contributed by atoms with E-state index in [1.54, 1.807) is 43.8 Å². The largest absolute Gasteiger partial charge is 0.352 e. The molecular formula is C17H21N5O2. The van der Waals surface area contributed by atoms with Crippen LogP contribution in [0.4, 0.5) is 5.95 Å². The third-order valence-corrected chi connectivity index (χ3v) is 4.37. The summed E-state index contributed by atoms with van der Waals surface area (Å²) in [6.07, 6.45) is 7.06. The lowest BCUT2D eigenvalue weighted by atomic mass is 9.97. The predicted octanol–water partition coefficient (Wildman–Crippen LogP) is 0.822. The van der Waals surface area contributed by atoms with E-state index < -0.39 is 0 Å². The minimum atomic E-state index is -0.301. The highest BCUT2D eigenvalue weighted by molar-refractivity contribution is 5.93. The lowest BCUT2D eigenvalue weighted by Crippen LogP contribution is -2.40. The second-order valence-corrected chi connectivity index (χ2v) is 6.03. The number of aromatic nitrogens is 3. The summed E-state index contributed by atoms with van der Waals surface area (Å²) < 4.78 is 1.41. The minimum Gasteiger partial charge on any atom is -0.352 e. The van der Waals surface area contributed by atoms with Gasteiger partial charge in [-0.1, -0.05) is 0 Å². The SMILES string of the molecule is Cn1cccc(C(=O)NCC2CCN(c3ncccn3)CC2)c1=O. The van der Waals surface area contributed by atoms with Crippen molar-refractivity contribution in [1.82, 2.24) is 19.9 Å². The van der Waals surface area contributed by atoms with Gasteiger partial charge in [0.2, 0.25) is 5.95 Å². The lowest BCUT2D eigenvalue weighted by Gasteiger charge is -2.31. The zero-order chi connectivity index (χ0) is 16.9. The topological polar surface area (TPSA) is 80.1 Å². The van der Waals surface area contributed by atoms with Crippen LogP contribution in [0, 0.1) is 5.92 Å². The minimum absolute atomic E-state index is 0.190. The van der Waals surface area contributed by atoms with Gasteiger partial charge in [-0.3, -0.25) is 9.59 Å². The maximum atomic E-state index is 12.2. The van der Waals surface area contributed by atoms with E-state index in [0.29, 0.717) is 12.5 Å². The average molecular weight is 327 g/mol. The summed E-state index contributed by atoms with van der Waals surface area (Å²) in [6.45, 7) is 2.33. The molecule has 7 nitrogen and oxygen atoms in total. The van der Waals surface area contributed by atoms with E-state index in [0.717, 1.165) is 31.9 Å². The van der Waals surface area contributed by atoms with Crippen molar-refractivity contribution in [3.05, 3.63) is 52.7 Å². The van der Waals surface area contributed by atoms with Crippen LogP contribution >= 0.6 is 0 Å². The van der Waals surface area contributed by atoms with Crippen LogP contribution in [0.2, 0.25) is 0 Å². The van der Waals surface area contributed by atoms with Crippen LogP contribution in [0.5, 0.6) is 0 Å². The molecule has 0 saturated carbocycles. The number of piperidine rings is 1. The van der Waals surface area contributed by atoms with E-state index in [-0.39, 0.29) is 17.0 Å². The second kappa shape index (κ2) is 7.25. The number of pyridine rings is 1. The molecule has 1 fully saturated rings. The van der Waals surface area contributed by atoms with Crippen LogP contribution in [-0.2, 0) is 7.05 Å². The Labute approximate surface area is 140 Å². The maximum Gasteiger partial charge on any atom is 0.263 e. The number of carbonyl (C=O) groups is 1. The van der Waals surface area contributed by atoms with E-state index in [9.17, 15) is 9.59 Å². The smallest absolute Gasteiger partial charge is 0.263 e. The third-order valence-electron chi connectivity index (χ3n) is 4.37. The Kier molecular flexibility index (Phi) is 4.88. The normalized spacial score (nSPS) is 15.3. The van der Waals surface area contributed by atoms with E-state index in [1.807, 2.05) is 0 Å². The van der Waals surface area contributed by atoms with Gasteiger partial charge >= 0.3 is 0 Å². The molecule has 0 atom stereocenters. The van der Waals surface area contributed by atoms with Crippen molar-refractivity contribution in [2.75, 3.05) is 24.5 Å². The fourth-order valence-electron chi connectivity index (χ4n) is 2.89. The molecule has 0 radical (unpaired) electrons. The fourth-order valence-corrected chi connectivity index (χ4v) is 2.89. The Bertz CT molecular complexity index is 751. The van der Waals surface area contributed by atoms with Crippen LogP contribution in [0.1, 0.15) is 23.2 Å². The quantitative estimate of drug-likeness (QED) is 0.899. The molecular weight excluding hydrogens is 306 g/mol. The summed E-state index contributed by atoms with van der Waals surface area (Å²) in [6, 6.07) is 5.07. The Morgan fingerprint density at radius 3 is 2.67 bits per heavy atom. The number of nitrogens with zero attached hydrogens (tertiary/aromatic N) is 4. The van der Waals surface area contributed by atoms with Crippen LogP contribution in [0.3, 0.4) is 0 Å². The van der Waals surface area contributed by atoms with Gasteiger partial charge in [0.05, 0.1) is 0 Å². The van der Waals surface area contributed by atoms with Crippen molar-refractivity contribution in [3.8, 4) is 0 Å². The summed E-state index contributed by atoms with van der Waals surface area (Å²) in [5.74, 6) is 0.860. The van der Waals surface area contributed by atoms with Gasteiger partial charge in [-0.15, -0.1) is 0 Å². The molecule has 0 bridgehead atoms. The monoisotopic (exact) mass is 327 g/mol. The number of anilines is 1. The van der Waals surface area contributed by atoms with Gasteiger partial charge in [-0.2, -0.15) is 0 Å². The predicted molar refractivity (Wildman–Crippen MR) is 91.0 cm³/mol. The molecule has 0 aliphatic carbocycles. The molecule has 0 spiro atoms. The van der Waals surface area contributed by atoms with E-state index in [2.05, 4.69) is 20.2 Å². The summed E-state index contributed by atoms with van der Waals surface area (Å²) in [5.41, 5.74) is -0.0823. The Morgan fingerprint density at radius 2 is 1.96 bits per heavy atom. The highest BCUT2D eigenvalue weighted by Crippen LogP contribution is 2.19. The molecule has 7 heteroatoms. The van der Waals surface area contributed by atoms with Crippen LogP contribution < -0.4 is 15.8 Å². The molecule has 0 aromatic carbocycles. The molecule has 3 rings (SSSR count). The molecule has 1 aliphatic heterocycles. The number of hydrogen-bond acceptors (Lipinski definition) is 5. The molecule has 1 aliphatic rings. The Hall–Kier alpha value is -2.70. The zero-order valence-electron chi connectivity index (χ0n) is 13.7. The number of hydrogen-bond donors (Lipinski definition) is 1. The first-order chi connectivity index (χ1) is 11.6. The first kappa shape index (κ1) is 16.2. The molecule has 0 unspecified atom stereocenters. The fraction of sp³-hybridized carbons (Fsp3) is 0.412. The summed E-state index contributed by atoms with van der Waals surface area (Å²) >= 11 is 0. The summed E-state index contributed by atoms with van der Waals surface area (Å²) in [4.78, 5) is 34.8. The van der Waals surface area contributed by atoms with E-state index in [4.69, 9.17) is 0 Å². The van der Waals surface area contributed by atoms with Gasteiger partial charge < -0.3 is 14.8 Å².